The van der Waals surface area contributed by atoms with Gasteiger partial charge in [-0.15, -0.1) is 0 Å². The number of quaternary nitrogens is 1. The number of carbonyl (C=O) groups is 1. The number of carbonyl (C=O) groups excluding carboxylic acids is 1. The molecule has 5 nitrogen and oxygen atoms in total. The van der Waals surface area contributed by atoms with Crippen LogP contribution in [0.1, 0.15) is 49.4 Å². The van der Waals surface area contributed by atoms with E-state index < -0.39 is 0 Å². The van der Waals surface area contributed by atoms with Crippen molar-refractivity contribution in [1.82, 2.24) is 0 Å². The fourth-order valence-corrected chi connectivity index (χ4v) is 4.50. The molecule has 1 aliphatic heterocycles. The summed E-state index contributed by atoms with van der Waals surface area (Å²) < 4.78 is 5.41. The van der Waals surface area contributed by atoms with E-state index in [9.17, 15) is 4.79 Å². The van der Waals surface area contributed by atoms with Gasteiger partial charge >= 0.3 is 0 Å². The van der Waals surface area contributed by atoms with Gasteiger partial charge < -0.3 is 20.3 Å². The topological polar surface area (TPSA) is 58.2 Å². The second-order valence-electron chi connectivity index (χ2n) is 8.64. The van der Waals surface area contributed by atoms with Crippen LogP contribution in [0.3, 0.4) is 0 Å². The molecule has 1 saturated heterocycles. The van der Waals surface area contributed by atoms with Crippen molar-refractivity contribution in [2.45, 2.75) is 51.6 Å². The molecule has 0 unspecified atom stereocenters. The number of ether oxygens (including phenoxy) is 1. The maximum Gasteiger partial charge on any atom is 0.282 e. The normalized spacial score (nSPS) is 18.4. The Morgan fingerprint density at radius 2 is 1.70 bits per heavy atom. The van der Waals surface area contributed by atoms with Crippen LogP contribution in [0, 0.1) is 0 Å². The van der Waals surface area contributed by atoms with E-state index in [1.807, 2.05) is 19.1 Å². The van der Waals surface area contributed by atoms with Crippen molar-refractivity contribution >= 4 is 17.3 Å². The lowest BCUT2D eigenvalue weighted by Gasteiger charge is -2.29. The molecule has 0 spiro atoms. The van der Waals surface area contributed by atoms with Crippen LogP contribution in [-0.4, -0.2) is 38.3 Å². The van der Waals surface area contributed by atoms with Gasteiger partial charge in [-0.2, -0.15) is 0 Å². The number of hydrogen-bond acceptors (Lipinski definition) is 3. The van der Waals surface area contributed by atoms with E-state index in [2.05, 4.69) is 52.8 Å². The second-order valence-corrected chi connectivity index (χ2v) is 8.64. The van der Waals surface area contributed by atoms with Crippen LogP contribution < -0.4 is 15.5 Å². The Morgan fingerprint density at radius 1 is 1.00 bits per heavy atom. The summed E-state index contributed by atoms with van der Waals surface area (Å²) in [6.45, 7) is 7.54. The molecule has 2 aromatic rings. The third-order valence-electron chi connectivity index (χ3n) is 6.40. The molecule has 30 heavy (non-hydrogen) atoms. The van der Waals surface area contributed by atoms with Gasteiger partial charge in [-0.25, -0.2) is 0 Å². The average Bonchev–Trinajstić information content (AvgIpc) is 2.79. The number of nitrogens with one attached hydrogen (secondary N) is 1. The summed E-state index contributed by atoms with van der Waals surface area (Å²) in [7, 11) is 0. The SMILES string of the molecule is C[C@H]([NH2+][C@H](C)C(=O)Nc1ccc(N2CCOCC2)cc1)c1ccc2c(c1)CCCC2. The summed E-state index contributed by atoms with van der Waals surface area (Å²) in [5, 5.41) is 5.22. The van der Waals surface area contributed by atoms with Gasteiger partial charge in [0.15, 0.2) is 6.04 Å². The van der Waals surface area contributed by atoms with Gasteiger partial charge in [0.1, 0.15) is 6.04 Å². The highest BCUT2D eigenvalue weighted by molar-refractivity contribution is 5.93. The van der Waals surface area contributed by atoms with E-state index in [1.165, 1.54) is 48.1 Å². The number of rotatable bonds is 6. The number of anilines is 2. The number of nitrogens with two attached hydrogens (primary N) is 1. The van der Waals surface area contributed by atoms with Crippen molar-refractivity contribution < 1.29 is 14.8 Å². The van der Waals surface area contributed by atoms with Gasteiger partial charge in [0.25, 0.3) is 5.91 Å². The predicted molar refractivity (Wildman–Crippen MR) is 121 cm³/mol. The predicted octanol–water partition coefficient (Wildman–Crippen LogP) is 3.05. The molecule has 1 aliphatic carbocycles. The van der Waals surface area contributed by atoms with Crippen molar-refractivity contribution in [3.63, 3.8) is 0 Å². The Hall–Kier alpha value is -2.37. The summed E-state index contributed by atoms with van der Waals surface area (Å²) in [6.07, 6.45) is 4.99. The molecule has 0 aromatic heterocycles. The third kappa shape index (κ3) is 5.02. The van der Waals surface area contributed by atoms with Crippen molar-refractivity contribution in [1.29, 1.82) is 0 Å². The van der Waals surface area contributed by atoms with Crippen molar-refractivity contribution in [2.24, 2.45) is 0 Å². The molecule has 1 amide bonds. The molecule has 160 valence electrons. The quantitative estimate of drug-likeness (QED) is 0.772. The van der Waals surface area contributed by atoms with Crippen molar-refractivity contribution in [3.05, 3.63) is 59.2 Å². The molecule has 2 atom stereocenters. The number of fused-ring (bicyclic) bond motifs is 1. The van der Waals surface area contributed by atoms with Gasteiger partial charge in [-0.1, -0.05) is 12.1 Å². The molecule has 1 fully saturated rings. The fraction of sp³-hybridized carbons (Fsp3) is 0.480. The first-order valence-electron chi connectivity index (χ1n) is 11.3. The minimum absolute atomic E-state index is 0.0407. The molecule has 5 heteroatoms. The fourth-order valence-electron chi connectivity index (χ4n) is 4.50. The number of amides is 1. The molecular weight excluding hydrogens is 374 g/mol. The standard InChI is InChI=1S/C25H33N3O2/c1-18(21-8-7-20-5-3-4-6-22(20)17-21)26-19(2)25(29)27-23-9-11-24(12-10-23)28-13-15-30-16-14-28/h7-12,17-19,26H,3-6,13-16H2,1-2H3,(H,27,29)/p+1/t18-,19+/m0/s1. The zero-order valence-electron chi connectivity index (χ0n) is 18.2. The maximum atomic E-state index is 12.7. The molecule has 0 bridgehead atoms. The van der Waals surface area contributed by atoms with Crippen LogP contribution in [0.2, 0.25) is 0 Å². The molecule has 3 N–H and O–H groups in total. The molecule has 4 rings (SSSR count). The van der Waals surface area contributed by atoms with E-state index >= 15 is 0 Å². The Labute approximate surface area is 179 Å². The van der Waals surface area contributed by atoms with Crippen molar-refractivity contribution in [3.8, 4) is 0 Å². The summed E-state index contributed by atoms with van der Waals surface area (Å²) in [4.78, 5) is 15.0. The second kappa shape index (κ2) is 9.63. The summed E-state index contributed by atoms with van der Waals surface area (Å²) in [5.74, 6) is 0.0407. The number of benzene rings is 2. The number of morpholine rings is 1. The monoisotopic (exact) mass is 408 g/mol. The Morgan fingerprint density at radius 3 is 2.43 bits per heavy atom. The molecule has 0 radical (unpaired) electrons. The van der Waals surface area contributed by atoms with Crippen LogP contribution in [-0.2, 0) is 22.4 Å². The van der Waals surface area contributed by atoms with E-state index in [4.69, 9.17) is 4.74 Å². The van der Waals surface area contributed by atoms with Crippen LogP contribution >= 0.6 is 0 Å². The molecule has 0 saturated carbocycles. The van der Waals surface area contributed by atoms with Crippen LogP contribution in [0.25, 0.3) is 0 Å². The van der Waals surface area contributed by atoms with E-state index in [-0.39, 0.29) is 18.0 Å². The molecule has 2 aromatic carbocycles. The highest BCUT2D eigenvalue weighted by Gasteiger charge is 2.21. The van der Waals surface area contributed by atoms with Crippen LogP contribution in [0.4, 0.5) is 11.4 Å². The van der Waals surface area contributed by atoms with E-state index in [0.29, 0.717) is 0 Å². The van der Waals surface area contributed by atoms with Gasteiger partial charge in [-0.3, -0.25) is 4.79 Å². The first-order valence-corrected chi connectivity index (χ1v) is 11.3. The number of hydrogen-bond donors (Lipinski definition) is 2. The first kappa shape index (κ1) is 20.9. The largest absolute Gasteiger partial charge is 0.378 e. The average molecular weight is 409 g/mol. The minimum atomic E-state index is -0.157. The Balaban J connectivity index is 1.32. The molecule has 2 aliphatic rings. The minimum Gasteiger partial charge on any atom is -0.378 e. The lowest BCUT2D eigenvalue weighted by molar-refractivity contribution is -0.709. The van der Waals surface area contributed by atoms with Crippen LogP contribution in [0.5, 0.6) is 0 Å². The van der Waals surface area contributed by atoms with Gasteiger partial charge in [-0.05, 0) is 81.0 Å². The van der Waals surface area contributed by atoms with E-state index in [0.717, 1.165) is 32.0 Å². The van der Waals surface area contributed by atoms with Crippen LogP contribution in [0.15, 0.2) is 42.5 Å². The summed E-state index contributed by atoms with van der Waals surface area (Å²) >= 11 is 0. The van der Waals surface area contributed by atoms with Crippen molar-refractivity contribution in [2.75, 3.05) is 36.5 Å². The summed E-state index contributed by atoms with van der Waals surface area (Å²) in [6, 6.07) is 15.1. The maximum absolute atomic E-state index is 12.7. The first-order chi connectivity index (χ1) is 14.6. The lowest BCUT2D eigenvalue weighted by atomic mass is 9.89. The molecule has 1 heterocycles. The zero-order chi connectivity index (χ0) is 20.9. The number of nitrogens with zero attached hydrogens (tertiary/aromatic N) is 1. The Kier molecular flexibility index (Phi) is 6.70. The Bertz CT molecular complexity index is 859. The van der Waals surface area contributed by atoms with Gasteiger partial charge in [0, 0.05) is 30.0 Å². The zero-order valence-corrected chi connectivity index (χ0v) is 18.2. The lowest BCUT2D eigenvalue weighted by Crippen LogP contribution is -2.91. The van der Waals surface area contributed by atoms with E-state index in [1.54, 1.807) is 0 Å². The van der Waals surface area contributed by atoms with Gasteiger partial charge in [0.05, 0.1) is 13.2 Å². The third-order valence-corrected chi connectivity index (χ3v) is 6.40. The highest BCUT2D eigenvalue weighted by Crippen LogP contribution is 2.24. The smallest absolute Gasteiger partial charge is 0.282 e. The molecular formula is C25H34N3O2+. The number of aryl methyl sites for hydroxylation is 2. The van der Waals surface area contributed by atoms with Gasteiger partial charge in [0.2, 0.25) is 0 Å². The highest BCUT2D eigenvalue weighted by atomic mass is 16.5. The summed E-state index contributed by atoms with van der Waals surface area (Å²) in [5.41, 5.74) is 6.33.